The largest absolute Gasteiger partial charge is 0.378 e. The number of likely N-dealkylation sites (tertiary alicyclic amines) is 2. The minimum atomic E-state index is -0.639. The summed E-state index contributed by atoms with van der Waals surface area (Å²) in [7, 11) is 3.66. The quantitative estimate of drug-likeness (QED) is 0.358. The van der Waals surface area contributed by atoms with Gasteiger partial charge in [-0.1, -0.05) is 29.8 Å². The molecule has 51 heavy (non-hydrogen) atoms. The van der Waals surface area contributed by atoms with Crippen molar-refractivity contribution < 1.29 is 18.8 Å². The van der Waals surface area contributed by atoms with Gasteiger partial charge in [-0.05, 0) is 86.7 Å². The maximum Gasteiger partial charge on any atom is 0.287 e. The monoisotopic (exact) mass is 717 g/mol. The lowest BCUT2D eigenvalue weighted by molar-refractivity contribution is -0.134. The predicted molar refractivity (Wildman–Crippen MR) is 194 cm³/mol. The number of hydrogen-bond donors (Lipinski definition) is 2. The standard InChI is InChI=1S/C38H45ClFN7O4/c1-44-22-26(19-27(23-44)42-32-21-41-45(2)37(51)34(32)39)24-3-5-25(6-4-24)36(50)47-17-13-38(14-18-47)11-15-46(16-12-38)28-7-8-29(31(40)20-28)30-9-10-33(48)43-35(30)49/h3-8,20-21,26-27,30,42H,9-19,22-23H2,1-2H3,(H,43,48,49)/t26-,27+,30?/m1/s1. The summed E-state index contributed by atoms with van der Waals surface area (Å²) in [5.41, 5.74) is 3.41. The highest BCUT2D eigenvalue weighted by molar-refractivity contribution is 6.32. The number of carbonyl (C=O) groups is 3. The first-order valence-corrected chi connectivity index (χ1v) is 18.3. The van der Waals surface area contributed by atoms with Gasteiger partial charge in [0.05, 0.1) is 17.8 Å². The highest BCUT2D eigenvalue weighted by Gasteiger charge is 2.39. The molecule has 4 fully saturated rings. The number of hydrogen-bond acceptors (Lipinski definition) is 8. The summed E-state index contributed by atoms with van der Waals surface area (Å²) in [4.78, 5) is 56.1. The van der Waals surface area contributed by atoms with E-state index in [1.165, 1.54) is 16.3 Å². The molecule has 1 aromatic heterocycles. The molecule has 2 aromatic carbocycles. The number of nitrogens with one attached hydrogen (secondary N) is 2. The second-order valence-electron chi connectivity index (χ2n) is 14.9. The van der Waals surface area contributed by atoms with E-state index in [1.807, 2.05) is 23.1 Å². The Bertz CT molecular complexity index is 1870. The Hall–Kier alpha value is -4.29. The number of halogens is 2. The Morgan fingerprint density at radius 3 is 2.37 bits per heavy atom. The molecular formula is C38H45ClFN7O4. The van der Waals surface area contributed by atoms with E-state index in [0.29, 0.717) is 23.2 Å². The molecule has 0 saturated carbocycles. The van der Waals surface area contributed by atoms with Gasteiger partial charge in [0.15, 0.2) is 0 Å². The maximum atomic E-state index is 15.2. The molecule has 1 spiro atoms. The number of benzene rings is 2. The lowest BCUT2D eigenvalue weighted by Crippen LogP contribution is -2.48. The van der Waals surface area contributed by atoms with Crippen LogP contribution < -0.4 is 21.1 Å². The summed E-state index contributed by atoms with van der Waals surface area (Å²) in [6.45, 7) is 4.76. The molecular weight excluding hydrogens is 673 g/mol. The third-order valence-corrected chi connectivity index (χ3v) is 12.0. The lowest BCUT2D eigenvalue weighted by atomic mass is 9.71. The van der Waals surface area contributed by atoms with E-state index in [-0.39, 0.29) is 46.2 Å². The van der Waals surface area contributed by atoms with Crippen LogP contribution in [0.2, 0.25) is 5.02 Å². The SMILES string of the molecule is CN1C[C@@H](Nc2cnn(C)c(=O)c2Cl)C[C@@H](c2ccc(C(=O)N3CCC4(CC3)CCN(c3ccc(C5CCC(=O)NC5=O)c(F)c3)CC4)cc2)C1. The molecule has 13 heteroatoms. The molecule has 3 aromatic rings. The molecule has 4 aliphatic rings. The zero-order valence-corrected chi connectivity index (χ0v) is 29.9. The van der Waals surface area contributed by atoms with Gasteiger partial charge < -0.3 is 20.0 Å². The van der Waals surface area contributed by atoms with Gasteiger partial charge in [-0.25, -0.2) is 9.07 Å². The van der Waals surface area contributed by atoms with Crippen molar-refractivity contribution in [3.05, 3.63) is 86.5 Å². The number of piperidine rings is 4. The number of imide groups is 1. The molecule has 4 aliphatic heterocycles. The normalized spacial score (nSPS) is 24.0. The van der Waals surface area contributed by atoms with Crippen molar-refractivity contribution in [2.24, 2.45) is 12.5 Å². The molecule has 1 unspecified atom stereocenters. The van der Waals surface area contributed by atoms with Crippen molar-refractivity contribution in [1.29, 1.82) is 0 Å². The summed E-state index contributed by atoms with van der Waals surface area (Å²) in [6.07, 6.45) is 6.85. The summed E-state index contributed by atoms with van der Waals surface area (Å²) in [5.74, 6) is -1.47. The Labute approximate surface area is 302 Å². The number of anilines is 2. The van der Waals surface area contributed by atoms with Crippen molar-refractivity contribution in [2.75, 3.05) is 56.5 Å². The fourth-order valence-corrected chi connectivity index (χ4v) is 8.71. The Morgan fingerprint density at radius 1 is 0.980 bits per heavy atom. The van der Waals surface area contributed by atoms with Crippen molar-refractivity contribution in [3.8, 4) is 0 Å². The number of aromatic nitrogens is 2. The number of aryl methyl sites for hydroxylation is 1. The molecule has 7 rings (SSSR count). The molecule has 270 valence electrons. The molecule has 3 amide bonds. The average Bonchev–Trinajstić information content (AvgIpc) is 3.12. The summed E-state index contributed by atoms with van der Waals surface area (Å²) >= 11 is 6.31. The zero-order valence-electron chi connectivity index (χ0n) is 29.2. The molecule has 0 radical (unpaired) electrons. The zero-order chi connectivity index (χ0) is 35.9. The highest BCUT2D eigenvalue weighted by Crippen LogP contribution is 2.43. The van der Waals surface area contributed by atoms with Crippen LogP contribution in [-0.2, 0) is 16.6 Å². The van der Waals surface area contributed by atoms with Crippen LogP contribution in [0.4, 0.5) is 15.8 Å². The van der Waals surface area contributed by atoms with Crippen LogP contribution in [0, 0.1) is 11.2 Å². The molecule has 2 N–H and O–H groups in total. The van der Waals surface area contributed by atoms with E-state index in [9.17, 15) is 19.2 Å². The summed E-state index contributed by atoms with van der Waals surface area (Å²) < 4.78 is 16.4. The minimum absolute atomic E-state index is 0.0634. The van der Waals surface area contributed by atoms with Crippen LogP contribution in [0.15, 0.2) is 53.5 Å². The van der Waals surface area contributed by atoms with Crippen molar-refractivity contribution in [2.45, 2.75) is 62.8 Å². The number of amides is 3. The van der Waals surface area contributed by atoms with Gasteiger partial charge in [-0.3, -0.25) is 24.5 Å². The van der Waals surface area contributed by atoms with Gasteiger partial charge in [0, 0.05) is 75.6 Å². The maximum absolute atomic E-state index is 15.2. The smallest absolute Gasteiger partial charge is 0.287 e. The fraction of sp³-hybridized carbons (Fsp3) is 0.500. The van der Waals surface area contributed by atoms with Gasteiger partial charge in [0.25, 0.3) is 11.5 Å². The van der Waals surface area contributed by atoms with Crippen molar-refractivity contribution >= 4 is 40.7 Å². The second kappa shape index (κ2) is 14.4. The van der Waals surface area contributed by atoms with Crippen LogP contribution >= 0.6 is 11.6 Å². The van der Waals surface area contributed by atoms with Crippen LogP contribution in [0.25, 0.3) is 0 Å². The summed E-state index contributed by atoms with van der Waals surface area (Å²) in [5, 5.41) is 9.99. The van der Waals surface area contributed by atoms with E-state index < -0.39 is 17.6 Å². The van der Waals surface area contributed by atoms with E-state index in [4.69, 9.17) is 11.6 Å². The molecule has 11 nitrogen and oxygen atoms in total. The number of carbonyl (C=O) groups excluding carboxylic acids is 3. The highest BCUT2D eigenvalue weighted by atomic mass is 35.5. The van der Waals surface area contributed by atoms with Gasteiger partial charge >= 0.3 is 0 Å². The van der Waals surface area contributed by atoms with Crippen molar-refractivity contribution in [1.82, 2.24) is 24.9 Å². The van der Waals surface area contributed by atoms with E-state index >= 15 is 4.39 Å². The molecule has 3 atom stereocenters. The van der Waals surface area contributed by atoms with Crippen molar-refractivity contribution in [3.63, 3.8) is 0 Å². The first-order valence-electron chi connectivity index (χ1n) is 17.9. The molecule has 5 heterocycles. The second-order valence-corrected chi connectivity index (χ2v) is 15.3. The third-order valence-electron chi connectivity index (χ3n) is 11.6. The predicted octanol–water partition coefficient (Wildman–Crippen LogP) is 4.52. The van der Waals surface area contributed by atoms with E-state index in [1.54, 1.807) is 19.3 Å². The molecule has 4 saturated heterocycles. The van der Waals surface area contributed by atoms with E-state index in [0.717, 1.165) is 77.1 Å². The van der Waals surface area contributed by atoms with Crippen LogP contribution in [-0.4, -0.2) is 89.7 Å². The minimum Gasteiger partial charge on any atom is -0.378 e. The molecule has 0 bridgehead atoms. The topological polar surface area (TPSA) is 120 Å². The number of nitrogens with zero attached hydrogens (tertiary/aromatic N) is 5. The summed E-state index contributed by atoms with van der Waals surface area (Å²) in [6, 6.07) is 13.2. The third kappa shape index (κ3) is 7.39. The van der Waals surface area contributed by atoms with Crippen LogP contribution in [0.3, 0.4) is 0 Å². The van der Waals surface area contributed by atoms with Crippen LogP contribution in [0.1, 0.15) is 78.3 Å². The van der Waals surface area contributed by atoms with E-state index in [2.05, 4.69) is 44.7 Å². The van der Waals surface area contributed by atoms with Gasteiger partial charge in [0.1, 0.15) is 10.8 Å². The molecule has 0 aliphatic carbocycles. The van der Waals surface area contributed by atoms with Gasteiger partial charge in [-0.2, -0.15) is 5.10 Å². The first kappa shape index (κ1) is 35.1. The fourth-order valence-electron chi connectivity index (χ4n) is 8.49. The number of likely N-dealkylation sites (N-methyl/N-ethyl adjacent to an activating group) is 1. The number of rotatable bonds is 6. The van der Waals surface area contributed by atoms with Crippen LogP contribution in [0.5, 0.6) is 0 Å². The Balaban J connectivity index is 0.911. The Morgan fingerprint density at radius 2 is 1.69 bits per heavy atom. The van der Waals surface area contributed by atoms with Gasteiger partial charge in [0.2, 0.25) is 11.8 Å². The Kier molecular flexibility index (Phi) is 9.91. The average molecular weight is 718 g/mol. The first-order chi connectivity index (χ1) is 24.5. The lowest BCUT2D eigenvalue weighted by Gasteiger charge is -2.47. The van der Waals surface area contributed by atoms with Gasteiger partial charge in [-0.15, -0.1) is 0 Å².